The number of rotatable bonds is 5. The van der Waals surface area contributed by atoms with Crippen molar-refractivity contribution >= 4 is 29.6 Å². The molecule has 1 amide bonds. The van der Waals surface area contributed by atoms with Crippen LogP contribution >= 0.6 is 23.5 Å². The van der Waals surface area contributed by atoms with Gasteiger partial charge in [-0.2, -0.15) is 0 Å². The van der Waals surface area contributed by atoms with Crippen molar-refractivity contribution in [3.05, 3.63) is 10.3 Å². The van der Waals surface area contributed by atoms with Gasteiger partial charge in [-0.1, -0.05) is 6.08 Å². The van der Waals surface area contributed by atoms with Crippen LogP contribution < -0.4 is 5.32 Å². The molecule has 0 aromatic rings. The van der Waals surface area contributed by atoms with Crippen LogP contribution in [-0.2, 0) is 4.74 Å². The number of alkyl carbamates (subject to hydrolysis) is 1. The zero-order valence-electron chi connectivity index (χ0n) is 12.2. The summed E-state index contributed by atoms with van der Waals surface area (Å²) in [5.41, 5.74) is -0.413. The number of hydrogen-bond donors (Lipinski definition) is 1. The Morgan fingerprint density at radius 1 is 1.32 bits per heavy atom. The van der Waals surface area contributed by atoms with E-state index in [1.165, 1.54) is 22.2 Å². The van der Waals surface area contributed by atoms with Crippen LogP contribution in [0.3, 0.4) is 0 Å². The molecule has 0 aromatic heterocycles. The second kappa shape index (κ2) is 8.80. The summed E-state index contributed by atoms with van der Waals surface area (Å²) in [6.07, 6.45) is 6.56. The van der Waals surface area contributed by atoms with Crippen molar-refractivity contribution in [3.8, 4) is 0 Å². The molecule has 0 saturated carbocycles. The van der Waals surface area contributed by atoms with Crippen LogP contribution in [0.25, 0.3) is 0 Å². The number of nitrogens with one attached hydrogen (secondary N) is 1. The molecular weight excluding hydrogens is 278 g/mol. The van der Waals surface area contributed by atoms with Gasteiger partial charge in [0.25, 0.3) is 0 Å². The summed E-state index contributed by atoms with van der Waals surface area (Å²) < 4.78 is 6.65. The second-order valence-corrected chi connectivity index (χ2v) is 8.03. The van der Waals surface area contributed by atoms with Crippen molar-refractivity contribution in [2.75, 3.05) is 18.1 Å². The summed E-state index contributed by atoms with van der Waals surface area (Å²) in [5, 5.41) is 2.79. The lowest BCUT2D eigenvalue weighted by Crippen LogP contribution is -2.32. The molecule has 0 atom stereocenters. The smallest absolute Gasteiger partial charge is 0.407 e. The number of allylic oxidation sites excluding steroid dienone is 1. The fraction of sp³-hybridized carbons (Fsp3) is 0.786. The van der Waals surface area contributed by atoms with Crippen LogP contribution in [-0.4, -0.2) is 29.7 Å². The van der Waals surface area contributed by atoms with Crippen LogP contribution in [0.4, 0.5) is 4.79 Å². The van der Waals surface area contributed by atoms with Crippen LogP contribution in [0.2, 0.25) is 0 Å². The summed E-state index contributed by atoms with van der Waals surface area (Å²) in [6.45, 7) is 6.31. The van der Waals surface area contributed by atoms with Gasteiger partial charge in [-0.3, -0.25) is 0 Å². The highest BCUT2D eigenvalue weighted by molar-refractivity contribution is 8.22. The van der Waals surface area contributed by atoms with E-state index in [0.717, 1.165) is 19.3 Å². The van der Waals surface area contributed by atoms with Gasteiger partial charge in [-0.05, 0) is 58.0 Å². The average molecular weight is 303 g/mol. The quantitative estimate of drug-likeness (QED) is 0.764. The van der Waals surface area contributed by atoms with E-state index >= 15 is 0 Å². The molecule has 1 N–H and O–H groups in total. The largest absolute Gasteiger partial charge is 0.444 e. The molecule has 0 bridgehead atoms. The molecule has 1 fully saturated rings. The summed E-state index contributed by atoms with van der Waals surface area (Å²) in [6, 6.07) is 0. The molecule has 1 aliphatic rings. The lowest BCUT2D eigenvalue weighted by atomic mass is 10.2. The normalized spacial score (nSPS) is 16.1. The minimum Gasteiger partial charge on any atom is -0.444 e. The third kappa shape index (κ3) is 9.27. The minimum atomic E-state index is -0.413. The summed E-state index contributed by atoms with van der Waals surface area (Å²) in [4.78, 5) is 11.4. The zero-order chi connectivity index (χ0) is 14.1. The minimum absolute atomic E-state index is 0.316. The first kappa shape index (κ1) is 16.8. The molecular formula is C14H25NO2S2. The lowest BCUT2D eigenvalue weighted by molar-refractivity contribution is 0.0527. The third-order valence-corrected chi connectivity index (χ3v) is 4.98. The average Bonchev–Trinajstić information content (AvgIpc) is 2.32. The molecule has 110 valence electrons. The molecule has 0 aliphatic carbocycles. The first-order valence-corrected chi connectivity index (χ1v) is 8.87. The summed E-state index contributed by atoms with van der Waals surface area (Å²) in [5.74, 6) is 2.53. The number of thioether (sulfide) groups is 2. The van der Waals surface area contributed by atoms with Gasteiger partial charge >= 0.3 is 6.09 Å². The first-order chi connectivity index (χ1) is 8.97. The van der Waals surface area contributed by atoms with E-state index in [9.17, 15) is 4.79 Å². The highest BCUT2D eigenvalue weighted by Crippen LogP contribution is 2.34. The number of carbonyl (C=O) groups excluding carboxylic acids is 1. The van der Waals surface area contributed by atoms with E-state index in [-0.39, 0.29) is 6.09 Å². The van der Waals surface area contributed by atoms with Crippen molar-refractivity contribution in [1.29, 1.82) is 0 Å². The molecule has 0 aromatic carbocycles. The molecule has 3 nitrogen and oxygen atoms in total. The summed E-state index contributed by atoms with van der Waals surface area (Å²) in [7, 11) is 0. The SMILES string of the molecule is CC(C)(C)OC(=O)NCCCCC=C1SCCCS1. The third-order valence-electron chi connectivity index (χ3n) is 2.39. The van der Waals surface area contributed by atoms with E-state index < -0.39 is 5.60 Å². The van der Waals surface area contributed by atoms with Crippen molar-refractivity contribution < 1.29 is 9.53 Å². The maximum absolute atomic E-state index is 11.4. The predicted octanol–water partition coefficient (Wildman–Crippen LogP) is 4.39. The van der Waals surface area contributed by atoms with Crippen molar-refractivity contribution in [1.82, 2.24) is 5.32 Å². The predicted molar refractivity (Wildman–Crippen MR) is 85.7 cm³/mol. The Kier molecular flexibility index (Phi) is 7.76. The molecule has 19 heavy (non-hydrogen) atoms. The zero-order valence-corrected chi connectivity index (χ0v) is 13.8. The van der Waals surface area contributed by atoms with Crippen LogP contribution in [0.5, 0.6) is 0 Å². The molecule has 0 spiro atoms. The molecule has 1 aliphatic heterocycles. The maximum atomic E-state index is 11.4. The van der Waals surface area contributed by atoms with Gasteiger partial charge in [0.1, 0.15) is 5.60 Å². The molecule has 0 unspecified atom stereocenters. The van der Waals surface area contributed by atoms with Gasteiger partial charge in [0.2, 0.25) is 0 Å². The van der Waals surface area contributed by atoms with Crippen LogP contribution in [0.15, 0.2) is 10.3 Å². The topological polar surface area (TPSA) is 38.3 Å². The number of amides is 1. The Morgan fingerprint density at radius 3 is 2.63 bits per heavy atom. The van der Waals surface area contributed by atoms with Crippen LogP contribution in [0, 0.1) is 0 Å². The van der Waals surface area contributed by atoms with Gasteiger partial charge in [0, 0.05) is 10.8 Å². The van der Waals surface area contributed by atoms with Crippen molar-refractivity contribution in [3.63, 3.8) is 0 Å². The molecule has 0 radical (unpaired) electrons. The Morgan fingerprint density at radius 2 is 2.00 bits per heavy atom. The Bertz CT molecular complexity index is 303. The summed E-state index contributed by atoms with van der Waals surface area (Å²) >= 11 is 3.95. The first-order valence-electron chi connectivity index (χ1n) is 6.90. The van der Waals surface area contributed by atoms with E-state index in [2.05, 4.69) is 11.4 Å². The van der Waals surface area contributed by atoms with E-state index in [4.69, 9.17) is 4.74 Å². The highest BCUT2D eigenvalue weighted by atomic mass is 32.2. The van der Waals surface area contributed by atoms with Gasteiger partial charge in [0.05, 0.1) is 0 Å². The lowest BCUT2D eigenvalue weighted by Gasteiger charge is -2.19. The van der Waals surface area contributed by atoms with Gasteiger partial charge in [0.15, 0.2) is 0 Å². The van der Waals surface area contributed by atoms with E-state index in [1.807, 2.05) is 44.3 Å². The number of ether oxygens (including phenoxy) is 1. The van der Waals surface area contributed by atoms with Gasteiger partial charge in [-0.25, -0.2) is 4.79 Å². The molecule has 1 saturated heterocycles. The van der Waals surface area contributed by atoms with Crippen molar-refractivity contribution in [2.24, 2.45) is 0 Å². The van der Waals surface area contributed by atoms with E-state index in [0.29, 0.717) is 6.54 Å². The number of unbranched alkanes of at least 4 members (excludes halogenated alkanes) is 2. The van der Waals surface area contributed by atoms with Crippen molar-refractivity contribution in [2.45, 2.75) is 52.1 Å². The van der Waals surface area contributed by atoms with E-state index in [1.54, 1.807) is 0 Å². The number of carbonyl (C=O) groups is 1. The van der Waals surface area contributed by atoms with Crippen LogP contribution in [0.1, 0.15) is 46.5 Å². The standard InChI is InChI=1S/C14H25NO2S2/c1-14(2,3)17-13(16)15-9-6-4-5-8-12-18-10-7-11-19-12/h8H,4-7,9-11H2,1-3H3,(H,15,16). The molecule has 1 rings (SSSR count). The fourth-order valence-corrected chi connectivity index (χ4v) is 4.03. The van der Waals surface area contributed by atoms with Gasteiger partial charge < -0.3 is 10.1 Å². The Hall–Kier alpha value is -0.290. The highest BCUT2D eigenvalue weighted by Gasteiger charge is 2.15. The van der Waals surface area contributed by atoms with Gasteiger partial charge in [-0.15, -0.1) is 23.5 Å². The number of hydrogen-bond acceptors (Lipinski definition) is 4. The Balaban J connectivity index is 2.00. The maximum Gasteiger partial charge on any atom is 0.407 e. The second-order valence-electron chi connectivity index (χ2n) is 5.50. The Labute approximate surface area is 125 Å². The molecule has 1 heterocycles. The monoisotopic (exact) mass is 303 g/mol. The molecule has 5 heteroatoms. The fourth-order valence-electron chi connectivity index (χ4n) is 1.56.